The first-order valence-corrected chi connectivity index (χ1v) is 6.93. The molecule has 2 aromatic heterocycles. The number of aromatic nitrogens is 4. The van der Waals surface area contributed by atoms with Gasteiger partial charge in [-0.1, -0.05) is 0 Å². The topological polar surface area (TPSA) is 76.1 Å². The van der Waals surface area contributed by atoms with Crippen LogP contribution in [0.1, 0.15) is 12.1 Å². The molecule has 0 bridgehead atoms. The van der Waals surface area contributed by atoms with E-state index < -0.39 is 0 Å². The van der Waals surface area contributed by atoms with Gasteiger partial charge in [-0.3, -0.25) is 14.9 Å². The standard InChI is InChI=1S/C14H18N6O/c1-21-14-6-13(17-10-18-14)19-11-2-5-20(8-11)9-12-7-15-3-4-16-12/h3-4,6-7,10-11H,2,5,8-9H2,1H3,(H,17,18,19). The SMILES string of the molecule is COc1cc(NC2CCN(Cc3cnccn3)C2)ncn1. The van der Waals surface area contributed by atoms with Crippen LogP contribution < -0.4 is 10.1 Å². The van der Waals surface area contributed by atoms with E-state index in [9.17, 15) is 0 Å². The molecule has 1 atom stereocenters. The summed E-state index contributed by atoms with van der Waals surface area (Å²) < 4.78 is 5.10. The molecular weight excluding hydrogens is 268 g/mol. The number of likely N-dealkylation sites (tertiary alicyclic amines) is 1. The fraction of sp³-hybridized carbons (Fsp3) is 0.429. The van der Waals surface area contributed by atoms with Crippen molar-refractivity contribution in [2.75, 3.05) is 25.5 Å². The van der Waals surface area contributed by atoms with Crippen LogP contribution in [0.15, 0.2) is 31.0 Å². The van der Waals surface area contributed by atoms with Crippen LogP contribution in [0, 0.1) is 0 Å². The van der Waals surface area contributed by atoms with Crippen molar-refractivity contribution in [3.8, 4) is 5.88 Å². The Balaban J connectivity index is 1.54. The number of hydrogen-bond donors (Lipinski definition) is 1. The molecule has 1 unspecified atom stereocenters. The third-order valence-electron chi connectivity index (χ3n) is 3.48. The van der Waals surface area contributed by atoms with Crippen molar-refractivity contribution in [3.05, 3.63) is 36.7 Å². The van der Waals surface area contributed by atoms with Crippen LogP contribution in [0.3, 0.4) is 0 Å². The molecule has 1 saturated heterocycles. The average Bonchev–Trinajstić information content (AvgIpc) is 2.95. The molecule has 1 N–H and O–H groups in total. The van der Waals surface area contributed by atoms with Crippen LogP contribution in [0.4, 0.5) is 5.82 Å². The number of methoxy groups -OCH3 is 1. The van der Waals surface area contributed by atoms with Crippen molar-refractivity contribution in [1.82, 2.24) is 24.8 Å². The predicted octanol–water partition coefficient (Wildman–Crippen LogP) is 0.962. The number of nitrogens with zero attached hydrogens (tertiary/aromatic N) is 5. The summed E-state index contributed by atoms with van der Waals surface area (Å²) in [4.78, 5) is 19.0. The van der Waals surface area contributed by atoms with Gasteiger partial charge in [0.05, 0.1) is 12.8 Å². The molecule has 0 aromatic carbocycles. The van der Waals surface area contributed by atoms with E-state index >= 15 is 0 Å². The van der Waals surface area contributed by atoms with Crippen molar-refractivity contribution in [2.24, 2.45) is 0 Å². The maximum absolute atomic E-state index is 5.10. The van der Waals surface area contributed by atoms with Gasteiger partial charge in [0.15, 0.2) is 0 Å². The van der Waals surface area contributed by atoms with Gasteiger partial charge in [-0.2, -0.15) is 0 Å². The van der Waals surface area contributed by atoms with Crippen LogP contribution in [0.2, 0.25) is 0 Å². The maximum Gasteiger partial charge on any atom is 0.218 e. The minimum Gasteiger partial charge on any atom is -0.481 e. The summed E-state index contributed by atoms with van der Waals surface area (Å²) in [5.41, 5.74) is 1.00. The van der Waals surface area contributed by atoms with Crippen LogP contribution >= 0.6 is 0 Å². The van der Waals surface area contributed by atoms with Gasteiger partial charge in [-0.15, -0.1) is 0 Å². The lowest BCUT2D eigenvalue weighted by Gasteiger charge is -2.16. The maximum atomic E-state index is 5.10. The fourth-order valence-corrected chi connectivity index (χ4v) is 2.47. The second-order valence-electron chi connectivity index (χ2n) is 5.01. The molecule has 1 fully saturated rings. The molecule has 1 aliphatic heterocycles. The number of nitrogens with one attached hydrogen (secondary N) is 1. The normalized spacial score (nSPS) is 18.6. The zero-order valence-electron chi connectivity index (χ0n) is 11.9. The number of rotatable bonds is 5. The summed E-state index contributed by atoms with van der Waals surface area (Å²) in [6.07, 6.45) is 7.82. The Morgan fingerprint density at radius 2 is 2.29 bits per heavy atom. The highest BCUT2D eigenvalue weighted by Gasteiger charge is 2.23. The molecule has 3 heterocycles. The Hall–Kier alpha value is -2.28. The molecular formula is C14H18N6O. The van der Waals surface area contributed by atoms with Gasteiger partial charge >= 0.3 is 0 Å². The zero-order chi connectivity index (χ0) is 14.5. The quantitative estimate of drug-likeness (QED) is 0.877. The Morgan fingerprint density at radius 3 is 3.10 bits per heavy atom. The Kier molecular flexibility index (Phi) is 4.20. The van der Waals surface area contributed by atoms with Crippen molar-refractivity contribution in [2.45, 2.75) is 19.0 Å². The Bertz CT molecular complexity index is 579. The Morgan fingerprint density at radius 1 is 1.33 bits per heavy atom. The highest BCUT2D eigenvalue weighted by atomic mass is 16.5. The van der Waals surface area contributed by atoms with Crippen molar-refractivity contribution in [3.63, 3.8) is 0 Å². The molecule has 0 amide bonds. The lowest BCUT2D eigenvalue weighted by Crippen LogP contribution is -2.26. The molecule has 7 heteroatoms. The van der Waals surface area contributed by atoms with E-state index in [1.165, 1.54) is 6.33 Å². The minimum atomic E-state index is 0.376. The molecule has 0 spiro atoms. The first-order valence-electron chi connectivity index (χ1n) is 6.93. The molecule has 110 valence electrons. The third-order valence-corrected chi connectivity index (χ3v) is 3.48. The molecule has 2 aromatic rings. The minimum absolute atomic E-state index is 0.376. The van der Waals surface area contributed by atoms with Crippen LogP contribution in [-0.4, -0.2) is 51.1 Å². The van der Waals surface area contributed by atoms with E-state index in [2.05, 4.69) is 30.2 Å². The van der Waals surface area contributed by atoms with E-state index in [0.717, 1.165) is 37.6 Å². The van der Waals surface area contributed by atoms with Crippen LogP contribution in [-0.2, 0) is 6.54 Å². The Labute approximate surface area is 123 Å². The van der Waals surface area contributed by atoms with Crippen LogP contribution in [0.25, 0.3) is 0 Å². The van der Waals surface area contributed by atoms with Crippen molar-refractivity contribution < 1.29 is 4.74 Å². The highest BCUT2D eigenvalue weighted by molar-refractivity contribution is 5.38. The lowest BCUT2D eigenvalue weighted by atomic mass is 10.2. The van der Waals surface area contributed by atoms with Gasteiger partial charge in [0.2, 0.25) is 5.88 Å². The summed E-state index contributed by atoms with van der Waals surface area (Å²) in [6.45, 7) is 2.83. The largest absolute Gasteiger partial charge is 0.481 e. The van der Waals surface area contributed by atoms with Crippen molar-refractivity contribution >= 4 is 5.82 Å². The summed E-state index contributed by atoms with van der Waals surface area (Å²) in [7, 11) is 1.60. The number of ether oxygens (including phenoxy) is 1. The highest BCUT2D eigenvalue weighted by Crippen LogP contribution is 2.17. The lowest BCUT2D eigenvalue weighted by molar-refractivity contribution is 0.324. The molecule has 0 aliphatic carbocycles. The van der Waals surface area contributed by atoms with Gasteiger partial charge in [-0.05, 0) is 6.42 Å². The first-order chi connectivity index (χ1) is 10.3. The molecule has 21 heavy (non-hydrogen) atoms. The van der Waals surface area contributed by atoms with Crippen molar-refractivity contribution in [1.29, 1.82) is 0 Å². The second kappa shape index (κ2) is 6.45. The smallest absolute Gasteiger partial charge is 0.218 e. The first kappa shape index (κ1) is 13.7. The number of hydrogen-bond acceptors (Lipinski definition) is 7. The summed E-state index contributed by atoms with van der Waals surface area (Å²) >= 11 is 0. The van der Waals surface area contributed by atoms with Crippen LogP contribution in [0.5, 0.6) is 5.88 Å². The van der Waals surface area contributed by atoms with E-state index in [-0.39, 0.29) is 0 Å². The van der Waals surface area contributed by atoms with Gasteiger partial charge in [0.1, 0.15) is 12.1 Å². The van der Waals surface area contributed by atoms with E-state index in [4.69, 9.17) is 4.74 Å². The van der Waals surface area contributed by atoms with E-state index in [0.29, 0.717) is 11.9 Å². The van der Waals surface area contributed by atoms with E-state index in [1.54, 1.807) is 19.5 Å². The molecule has 7 nitrogen and oxygen atoms in total. The molecule has 3 rings (SSSR count). The molecule has 0 radical (unpaired) electrons. The van der Waals surface area contributed by atoms with Gasteiger partial charge in [-0.25, -0.2) is 9.97 Å². The van der Waals surface area contributed by atoms with Gasteiger partial charge < -0.3 is 10.1 Å². The summed E-state index contributed by atoms with van der Waals surface area (Å²) in [5.74, 6) is 1.37. The average molecular weight is 286 g/mol. The second-order valence-corrected chi connectivity index (χ2v) is 5.01. The molecule has 1 aliphatic rings. The number of anilines is 1. The predicted molar refractivity (Wildman–Crippen MR) is 77.9 cm³/mol. The van der Waals surface area contributed by atoms with Gasteiger partial charge in [0.25, 0.3) is 0 Å². The molecule has 0 saturated carbocycles. The van der Waals surface area contributed by atoms with E-state index in [1.807, 2.05) is 12.3 Å². The zero-order valence-corrected chi connectivity index (χ0v) is 11.9. The monoisotopic (exact) mass is 286 g/mol. The third kappa shape index (κ3) is 3.63. The van der Waals surface area contributed by atoms with Gasteiger partial charge in [0, 0.05) is 50.3 Å². The summed E-state index contributed by atoms with van der Waals surface area (Å²) in [5, 5.41) is 3.42. The summed E-state index contributed by atoms with van der Waals surface area (Å²) in [6, 6.07) is 2.19. The fourth-order valence-electron chi connectivity index (χ4n) is 2.47.